The Hall–Kier alpha value is -6.45. The van der Waals surface area contributed by atoms with E-state index in [0.29, 0.717) is 17.5 Å². The van der Waals surface area contributed by atoms with Gasteiger partial charge in [-0.1, -0.05) is 164 Å². The average molecular weight is 626 g/mol. The molecule has 0 unspecified atom stereocenters. The maximum atomic E-state index is 5.07. The van der Waals surface area contributed by atoms with Crippen molar-refractivity contribution in [2.45, 2.75) is 6.42 Å². The SMILES string of the molecule is c1ccc(-c2cccc(-c3ccc(-c4ccc5c(c4)-c4c(cccc4-c4nc(-c6ccccc6)nc(-c6ccccc6)n4)C5)cc3)c2)cc1. The van der Waals surface area contributed by atoms with Crippen molar-refractivity contribution in [2.75, 3.05) is 0 Å². The van der Waals surface area contributed by atoms with Crippen LogP contribution in [0.3, 0.4) is 0 Å². The number of hydrogen-bond acceptors (Lipinski definition) is 3. The highest BCUT2D eigenvalue weighted by Gasteiger charge is 2.24. The molecule has 0 radical (unpaired) electrons. The first kappa shape index (κ1) is 28.7. The van der Waals surface area contributed by atoms with Crippen molar-refractivity contribution in [1.82, 2.24) is 15.0 Å². The highest BCUT2D eigenvalue weighted by Crippen LogP contribution is 2.44. The maximum Gasteiger partial charge on any atom is 0.164 e. The zero-order valence-corrected chi connectivity index (χ0v) is 26.8. The Morgan fingerprint density at radius 1 is 0.286 bits per heavy atom. The van der Waals surface area contributed by atoms with Crippen LogP contribution in [0, 0.1) is 0 Å². The van der Waals surface area contributed by atoms with E-state index < -0.39 is 0 Å². The van der Waals surface area contributed by atoms with E-state index in [2.05, 4.69) is 140 Å². The predicted octanol–water partition coefficient (Wildman–Crippen LogP) is 11.4. The second-order valence-corrected chi connectivity index (χ2v) is 12.5. The van der Waals surface area contributed by atoms with Crippen molar-refractivity contribution >= 4 is 0 Å². The molecule has 1 aliphatic carbocycles. The topological polar surface area (TPSA) is 38.7 Å². The summed E-state index contributed by atoms with van der Waals surface area (Å²) in [6.45, 7) is 0. The highest BCUT2D eigenvalue weighted by atomic mass is 15.0. The molecule has 1 aromatic heterocycles. The van der Waals surface area contributed by atoms with Crippen LogP contribution in [0.4, 0.5) is 0 Å². The van der Waals surface area contributed by atoms with Crippen LogP contribution in [0.1, 0.15) is 11.1 Å². The molecule has 0 saturated carbocycles. The van der Waals surface area contributed by atoms with E-state index >= 15 is 0 Å². The second kappa shape index (κ2) is 12.3. The minimum atomic E-state index is 0.670. The number of benzene rings is 7. The van der Waals surface area contributed by atoms with Crippen LogP contribution < -0.4 is 0 Å². The lowest BCUT2D eigenvalue weighted by Crippen LogP contribution is -2.01. The summed E-state index contributed by atoms with van der Waals surface area (Å²) in [6.07, 6.45) is 0.887. The van der Waals surface area contributed by atoms with E-state index in [9.17, 15) is 0 Å². The summed E-state index contributed by atoms with van der Waals surface area (Å²) in [5, 5.41) is 0. The Morgan fingerprint density at radius 3 is 1.33 bits per heavy atom. The Morgan fingerprint density at radius 2 is 0.735 bits per heavy atom. The van der Waals surface area contributed by atoms with Gasteiger partial charge >= 0.3 is 0 Å². The quantitative estimate of drug-likeness (QED) is 0.185. The number of rotatable bonds is 6. The lowest BCUT2D eigenvalue weighted by molar-refractivity contribution is 1.07. The number of nitrogens with zero attached hydrogens (tertiary/aromatic N) is 3. The molecule has 9 rings (SSSR count). The Labute approximate surface area is 286 Å². The Kier molecular flexibility index (Phi) is 7.21. The summed E-state index contributed by atoms with van der Waals surface area (Å²) in [6, 6.07) is 61.9. The van der Waals surface area contributed by atoms with Crippen molar-refractivity contribution in [1.29, 1.82) is 0 Å². The smallest absolute Gasteiger partial charge is 0.164 e. The van der Waals surface area contributed by atoms with Gasteiger partial charge < -0.3 is 0 Å². The molecule has 0 bridgehead atoms. The van der Waals surface area contributed by atoms with E-state index in [0.717, 1.165) is 23.1 Å². The Bertz CT molecular complexity index is 2380. The van der Waals surface area contributed by atoms with Crippen LogP contribution in [0.2, 0.25) is 0 Å². The molecule has 49 heavy (non-hydrogen) atoms. The van der Waals surface area contributed by atoms with E-state index in [-0.39, 0.29) is 0 Å². The van der Waals surface area contributed by atoms with Crippen molar-refractivity contribution < 1.29 is 0 Å². The van der Waals surface area contributed by atoms with Gasteiger partial charge in [-0.2, -0.15) is 0 Å². The van der Waals surface area contributed by atoms with E-state index in [1.165, 1.54) is 55.6 Å². The summed E-state index contributed by atoms with van der Waals surface area (Å²) < 4.78 is 0. The molecule has 0 spiro atoms. The van der Waals surface area contributed by atoms with Crippen molar-refractivity contribution in [3.8, 4) is 78.7 Å². The minimum absolute atomic E-state index is 0.670. The molecule has 0 atom stereocenters. The largest absolute Gasteiger partial charge is 0.208 e. The minimum Gasteiger partial charge on any atom is -0.208 e. The van der Waals surface area contributed by atoms with Crippen LogP contribution >= 0.6 is 0 Å². The van der Waals surface area contributed by atoms with Gasteiger partial charge in [0.25, 0.3) is 0 Å². The molecule has 1 aliphatic rings. The zero-order chi connectivity index (χ0) is 32.6. The first-order chi connectivity index (χ1) is 24.3. The first-order valence-corrected chi connectivity index (χ1v) is 16.7. The van der Waals surface area contributed by atoms with Crippen LogP contribution in [0.25, 0.3) is 78.7 Å². The van der Waals surface area contributed by atoms with Crippen molar-refractivity contribution in [3.05, 3.63) is 187 Å². The fraction of sp³-hybridized carbons (Fsp3) is 0.0217. The van der Waals surface area contributed by atoms with Gasteiger partial charge in [0.2, 0.25) is 0 Å². The predicted molar refractivity (Wildman–Crippen MR) is 201 cm³/mol. The maximum absolute atomic E-state index is 5.07. The molecular formula is C46H31N3. The number of hydrogen-bond donors (Lipinski definition) is 0. The van der Waals surface area contributed by atoms with Crippen LogP contribution in [-0.2, 0) is 6.42 Å². The number of aromatic nitrogens is 3. The van der Waals surface area contributed by atoms with Crippen molar-refractivity contribution in [3.63, 3.8) is 0 Å². The molecule has 1 heterocycles. The van der Waals surface area contributed by atoms with Gasteiger partial charge in [0, 0.05) is 16.7 Å². The molecule has 8 aromatic rings. The first-order valence-electron chi connectivity index (χ1n) is 16.7. The fourth-order valence-corrected chi connectivity index (χ4v) is 6.89. The third kappa shape index (κ3) is 5.52. The van der Waals surface area contributed by atoms with Gasteiger partial charge in [0.15, 0.2) is 17.5 Å². The van der Waals surface area contributed by atoms with E-state index in [4.69, 9.17) is 15.0 Å². The second-order valence-electron chi connectivity index (χ2n) is 12.5. The molecule has 0 amide bonds. The molecule has 3 heteroatoms. The van der Waals surface area contributed by atoms with Gasteiger partial charge in [-0.3, -0.25) is 0 Å². The Balaban J connectivity index is 1.10. The summed E-state index contributed by atoms with van der Waals surface area (Å²) in [7, 11) is 0. The van der Waals surface area contributed by atoms with Gasteiger partial charge in [0.1, 0.15) is 0 Å². The van der Waals surface area contributed by atoms with Gasteiger partial charge in [-0.15, -0.1) is 0 Å². The third-order valence-corrected chi connectivity index (χ3v) is 9.37. The molecule has 230 valence electrons. The van der Waals surface area contributed by atoms with Crippen molar-refractivity contribution in [2.24, 2.45) is 0 Å². The van der Waals surface area contributed by atoms with Crippen LogP contribution in [0.15, 0.2) is 176 Å². The lowest BCUT2D eigenvalue weighted by atomic mass is 9.94. The summed E-state index contributed by atoms with van der Waals surface area (Å²) in [5.74, 6) is 2.02. The number of fused-ring (bicyclic) bond motifs is 3. The normalized spacial score (nSPS) is 11.6. The van der Waals surface area contributed by atoms with Gasteiger partial charge in [-0.25, -0.2) is 15.0 Å². The standard InChI is InChI=1S/C46H31N3/c1-4-12-31(13-5-1)36-18-10-19-37(28-36)32-22-24-33(25-23-32)38-26-27-39-29-40-20-11-21-41(43(40)42(39)30-38)46-48-44(34-14-6-2-7-15-34)47-45(49-46)35-16-8-3-9-17-35/h1-28,30H,29H2. The average Bonchev–Trinajstić information content (AvgIpc) is 3.57. The van der Waals surface area contributed by atoms with E-state index in [1.807, 2.05) is 36.4 Å². The highest BCUT2D eigenvalue weighted by molar-refractivity contribution is 5.91. The lowest BCUT2D eigenvalue weighted by Gasteiger charge is -2.13. The molecule has 0 aliphatic heterocycles. The third-order valence-electron chi connectivity index (χ3n) is 9.37. The monoisotopic (exact) mass is 625 g/mol. The fourth-order valence-electron chi connectivity index (χ4n) is 6.89. The molecule has 0 saturated heterocycles. The van der Waals surface area contributed by atoms with E-state index in [1.54, 1.807) is 0 Å². The van der Waals surface area contributed by atoms with Gasteiger partial charge in [0.05, 0.1) is 0 Å². The van der Waals surface area contributed by atoms with Gasteiger partial charge in [-0.05, 0) is 74.2 Å². The summed E-state index contributed by atoms with van der Waals surface area (Å²) >= 11 is 0. The molecule has 0 fully saturated rings. The summed E-state index contributed by atoms with van der Waals surface area (Å²) in [5.41, 5.74) is 15.3. The van der Waals surface area contributed by atoms with Crippen LogP contribution in [-0.4, -0.2) is 15.0 Å². The zero-order valence-electron chi connectivity index (χ0n) is 26.8. The molecule has 3 nitrogen and oxygen atoms in total. The molecule has 7 aromatic carbocycles. The summed E-state index contributed by atoms with van der Waals surface area (Å²) in [4.78, 5) is 15.1. The molecule has 0 N–H and O–H groups in total. The van der Waals surface area contributed by atoms with Crippen LogP contribution in [0.5, 0.6) is 0 Å². The molecular weight excluding hydrogens is 595 g/mol.